The molecule has 0 bridgehead atoms. The van der Waals surface area contributed by atoms with Gasteiger partial charge in [0.05, 0.1) is 30.8 Å². The average molecular weight is 575 g/mol. The quantitative estimate of drug-likeness (QED) is 0.384. The van der Waals surface area contributed by atoms with Crippen LogP contribution in [0.4, 0.5) is 13.2 Å². The Morgan fingerprint density at radius 3 is 2.46 bits per heavy atom. The summed E-state index contributed by atoms with van der Waals surface area (Å²) in [5.74, 6) is -4.21. The van der Waals surface area contributed by atoms with Gasteiger partial charge in [0.25, 0.3) is 0 Å². The summed E-state index contributed by atoms with van der Waals surface area (Å²) in [6.45, 7) is 5.10. The highest BCUT2D eigenvalue weighted by Gasteiger charge is 2.67. The van der Waals surface area contributed by atoms with Crippen LogP contribution in [0.3, 0.4) is 0 Å². The molecule has 10 heteroatoms. The van der Waals surface area contributed by atoms with Crippen LogP contribution in [-0.4, -0.2) is 30.6 Å². The van der Waals surface area contributed by atoms with E-state index in [9.17, 15) is 32.3 Å². The number of methoxy groups -OCH3 is 1. The number of carbonyl (C=O) groups is 4. The smallest absolute Gasteiger partial charge is 0.417 e. The number of fused-ring (bicyclic) bond motifs is 3. The van der Waals surface area contributed by atoms with Gasteiger partial charge in [0.1, 0.15) is 23.4 Å². The number of hydrogen-bond acceptors (Lipinski definition) is 7. The normalized spacial score (nSPS) is 33.4. The van der Waals surface area contributed by atoms with Crippen LogP contribution in [0, 0.1) is 34.5 Å². The number of esters is 2. The number of benzene rings is 1. The predicted molar refractivity (Wildman–Crippen MR) is 139 cm³/mol. The fraction of sp³-hybridized carbons (Fsp3) is 0.548. The van der Waals surface area contributed by atoms with Crippen molar-refractivity contribution in [2.24, 2.45) is 34.5 Å². The van der Waals surface area contributed by atoms with Crippen molar-refractivity contribution in [3.05, 3.63) is 47.7 Å². The molecule has 0 unspecified atom stereocenters. The van der Waals surface area contributed by atoms with E-state index in [1.54, 1.807) is 0 Å². The SMILES string of the molecule is COC(=O)[C@@H]1C[C@H](CC(C)=O)C(=O)[C@H]2[C@@]1(C)CC[C@H]1C(=O)O[C@H](c3ccoc3-c3ccccc3C(F)(F)F)C[C@]21C. The van der Waals surface area contributed by atoms with E-state index in [4.69, 9.17) is 13.9 Å². The highest BCUT2D eigenvalue weighted by molar-refractivity contribution is 5.93. The van der Waals surface area contributed by atoms with Gasteiger partial charge in [-0.3, -0.25) is 14.4 Å². The second kappa shape index (κ2) is 10.1. The standard InChI is InChI=1S/C31H33F3O7/c1-16(35)13-17-14-22(27(37)39-4)29(2)11-9-21-28(38)41-23(15-30(21,3)26(29)24(17)36)19-10-12-40-25(19)18-7-5-6-8-20(18)31(32,33)34/h5-8,10,12,17,21-23,26H,9,11,13-15H2,1-4H3/t17-,21-,22-,23-,26-,29-,30-/m0/s1. The van der Waals surface area contributed by atoms with E-state index in [0.717, 1.165) is 6.07 Å². The summed E-state index contributed by atoms with van der Waals surface area (Å²) >= 11 is 0. The third kappa shape index (κ3) is 4.69. The molecule has 0 radical (unpaired) electrons. The average Bonchev–Trinajstić information content (AvgIpc) is 3.38. The molecule has 1 aromatic heterocycles. The van der Waals surface area contributed by atoms with Crippen LogP contribution in [0.5, 0.6) is 0 Å². The molecular formula is C31H33F3O7. The maximum atomic E-state index is 14.2. The summed E-state index contributed by atoms with van der Waals surface area (Å²) in [7, 11) is 1.29. The molecule has 2 aromatic rings. The van der Waals surface area contributed by atoms with E-state index >= 15 is 0 Å². The summed E-state index contributed by atoms with van der Waals surface area (Å²) in [5.41, 5.74) is -2.63. The molecule has 7 nitrogen and oxygen atoms in total. The number of halogens is 3. The van der Waals surface area contributed by atoms with E-state index < -0.39 is 64.3 Å². The highest BCUT2D eigenvalue weighted by Crippen LogP contribution is 2.66. The van der Waals surface area contributed by atoms with Crippen LogP contribution in [0.15, 0.2) is 41.0 Å². The van der Waals surface area contributed by atoms with E-state index in [1.165, 1.54) is 44.6 Å². The lowest BCUT2D eigenvalue weighted by molar-refractivity contribution is -0.205. The van der Waals surface area contributed by atoms with Crippen LogP contribution >= 0.6 is 0 Å². The van der Waals surface area contributed by atoms with E-state index in [2.05, 4.69) is 0 Å². The van der Waals surface area contributed by atoms with E-state index in [1.807, 2.05) is 13.8 Å². The summed E-state index contributed by atoms with van der Waals surface area (Å²) < 4.78 is 58.1. The van der Waals surface area contributed by atoms with Gasteiger partial charge in [0.15, 0.2) is 0 Å². The number of cyclic esters (lactones) is 1. The van der Waals surface area contributed by atoms with Gasteiger partial charge in [-0.05, 0) is 55.6 Å². The Morgan fingerprint density at radius 2 is 1.80 bits per heavy atom. The number of rotatable bonds is 5. The Labute approximate surface area is 235 Å². The number of hydrogen-bond donors (Lipinski definition) is 0. The molecule has 2 heterocycles. The largest absolute Gasteiger partial charge is 0.469 e. The first-order valence-electron chi connectivity index (χ1n) is 13.8. The molecule has 41 heavy (non-hydrogen) atoms. The van der Waals surface area contributed by atoms with Crippen LogP contribution < -0.4 is 0 Å². The summed E-state index contributed by atoms with van der Waals surface area (Å²) in [6, 6.07) is 6.51. The van der Waals surface area contributed by atoms with Crippen molar-refractivity contribution in [3.63, 3.8) is 0 Å². The molecule has 2 saturated carbocycles. The van der Waals surface area contributed by atoms with Gasteiger partial charge in [-0.15, -0.1) is 0 Å². The zero-order chi connectivity index (χ0) is 29.9. The maximum Gasteiger partial charge on any atom is 0.417 e. The van der Waals surface area contributed by atoms with Gasteiger partial charge in [-0.25, -0.2) is 0 Å². The zero-order valence-corrected chi connectivity index (χ0v) is 23.4. The van der Waals surface area contributed by atoms with Gasteiger partial charge in [-0.2, -0.15) is 13.2 Å². The summed E-state index contributed by atoms with van der Waals surface area (Å²) in [6.07, 6.45) is -3.29. The molecule has 2 aliphatic carbocycles. The predicted octanol–water partition coefficient (Wildman–Crippen LogP) is 6.35. The van der Waals surface area contributed by atoms with E-state index in [0.29, 0.717) is 12.8 Å². The minimum absolute atomic E-state index is 0.0202. The molecule has 7 atom stereocenters. The van der Waals surface area contributed by atoms with Crippen molar-refractivity contribution in [3.8, 4) is 11.3 Å². The van der Waals surface area contributed by atoms with Crippen molar-refractivity contribution >= 4 is 23.5 Å². The Balaban J connectivity index is 1.59. The molecule has 0 amide bonds. The van der Waals surface area contributed by atoms with Gasteiger partial charge in [0.2, 0.25) is 0 Å². The van der Waals surface area contributed by atoms with Crippen LogP contribution in [-0.2, 0) is 34.8 Å². The van der Waals surface area contributed by atoms with Crippen LogP contribution in [0.25, 0.3) is 11.3 Å². The molecule has 0 spiro atoms. The van der Waals surface area contributed by atoms with Crippen LogP contribution in [0.2, 0.25) is 0 Å². The molecule has 1 aromatic carbocycles. The van der Waals surface area contributed by atoms with Crippen molar-refractivity contribution < 1.29 is 46.2 Å². The molecule has 5 rings (SSSR count). The lowest BCUT2D eigenvalue weighted by atomic mass is 9.42. The van der Waals surface area contributed by atoms with E-state index in [-0.39, 0.29) is 47.7 Å². The molecule has 3 fully saturated rings. The first-order chi connectivity index (χ1) is 19.2. The minimum atomic E-state index is -4.64. The molecule has 1 aliphatic heterocycles. The third-order valence-corrected chi connectivity index (χ3v) is 9.80. The molecule has 3 aliphatic rings. The Hall–Kier alpha value is -3.43. The number of ketones is 2. The van der Waals surface area contributed by atoms with Crippen molar-refractivity contribution in [1.29, 1.82) is 0 Å². The molecule has 0 N–H and O–H groups in total. The number of carbonyl (C=O) groups excluding carboxylic acids is 4. The van der Waals surface area contributed by atoms with Crippen molar-refractivity contribution in [2.45, 2.75) is 65.2 Å². The van der Waals surface area contributed by atoms with Gasteiger partial charge >= 0.3 is 18.1 Å². The minimum Gasteiger partial charge on any atom is -0.469 e. The van der Waals surface area contributed by atoms with Gasteiger partial charge < -0.3 is 18.7 Å². The number of Topliss-reactive ketones (excluding diaryl/α,β-unsaturated/α-hetero) is 2. The monoisotopic (exact) mass is 574 g/mol. The maximum absolute atomic E-state index is 14.2. The Kier molecular flexibility index (Phi) is 7.19. The van der Waals surface area contributed by atoms with Crippen molar-refractivity contribution in [2.75, 3.05) is 7.11 Å². The lowest BCUT2D eigenvalue weighted by Gasteiger charge is -2.61. The lowest BCUT2D eigenvalue weighted by Crippen LogP contribution is -2.63. The second-order valence-electron chi connectivity index (χ2n) is 12.2. The van der Waals surface area contributed by atoms with Crippen LogP contribution in [0.1, 0.15) is 70.1 Å². The fourth-order valence-electron chi connectivity index (χ4n) is 8.06. The first kappa shape index (κ1) is 29.1. The third-order valence-electron chi connectivity index (χ3n) is 9.80. The molecule has 1 saturated heterocycles. The fourth-order valence-corrected chi connectivity index (χ4v) is 8.06. The topological polar surface area (TPSA) is 99.9 Å². The van der Waals surface area contributed by atoms with Crippen molar-refractivity contribution in [1.82, 2.24) is 0 Å². The van der Waals surface area contributed by atoms with Gasteiger partial charge in [-0.1, -0.05) is 32.0 Å². The molecular weight excluding hydrogens is 541 g/mol. The summed E-state index contributed by atoms with van der Waals surface area (Å²) in [4.78, 5) is 52.8. The number of furan rings is 1. The van der Waals surface area contributed by atoms with Gasteiger partial charge in [0, 0.05) is 29.4 Å². The molecule has 220 valence electrons. The number of alkyl halides is 3. The highest BCUT2D eigenvalue weighted by atomic mass is 19.4. The summed E-state index contributed by atoms with van der Waals surface area (Å²) in [5, 5.41) is 0. The Morgan fingerprint density at radius 1 is 1.10 bits per heavy atom. The Bertz CT molecular complexity index is 1390. The second-order valence-corrected chi connectivity index (χ2v) is 12.2. The zero-order valence-electron chi connectivity index (χ0n) is 23.4. The number of ether oxygens (including phenoxy) is 2. The first-order valence-corrected chi connectivity index (χ1v) is 13.8.